The van der Waals surface area contributed by atoms with Crippen molar-refractivity contribution in [3.63, 3.8) is 0 Å². The van der Waals surface area contributed by atoms with Gasteiger partial charge in [-0.25, -0.2) is 9.18 Å². The van der Waals surface area contributed by atoms with Gasteiger partial charge in [0.1, 0.15) is 5.82 Å². The molecule has 0 radical (unpaired) electrons. The van der Waals surface area contributed by atoms with E-state index in [-0.39, 0.29) is 23.5 Å². The summed E-state index contributed by atoms with van der Waals surface area (Å²) in [5, 5.41) is 5.46. The van der Waals surface area contributed by atoms with E-state index >= 15 is 0 Å². The second-order valence-corrected chi connectivity index (χ2v) is 5.52. The third-order valence-electron chi connectivity index (χ3n) is 3.83. The van der Waals surface area contributed by atoms with Crippen LogP contribution in [0.5, 0.6) is 0 Å². The van der Waals surface area contributed by atoms with E-state index in [0.717, 1.165) is 12.8 Å². The molecule has 2 N–H and O–H groups in total. The number of rotatable bonds is 4. The lowest BCUT2D eigenvalue weighted by molar-refractivity contribution is -0.121. The number of benzene rings is 1. The van der Waals surface area contributed by atoms with Crippen molar-refractivity contribution in [2.45, 2.75) is 26.2 Å². The van der Waals surface area contributed by atoms with Crippen LogP contribution in [0.4, 0.5) is 14.9 Å². The lowest BCUT2D eigenvalue weighted by Crippen LogP contribution is -2.45. The Hall–Kier alpha value is -2.11. The monoisotopic (exact) mass is 307 g/mol. The number of nitrogens with one attached hydrogen (secondary N) is 2. The zero-order chi connectivity index (χ0) is 15.9. The molecule has 22 heavy (non-hydrogen) atoms. The minimum Gasteiger partial charge on any atom is -0.356 e. The van der Waals surface area contributed by atoms with E-state index in [2.05, 4.69) is 10.6 Å². The molecule has 5 nitrogen and oxygen atoms in total. The van der Waals surface area contributed by atoms with Gasteiger partial charge in [0.2, 0.25) is 5.91 Å². The van der Waals surface area contributed by atoms with Crippen molar-refractivity contribution >= 4 is 17.6 Å². The van der Waals surface area contributed by atoms with Crippen LogP contribution in [0.1, 0.15) is 26.2 Å². The molecule has 0 aromatic heterocycles. The Labute approximate surface area is 129 Å². The fraction of sp³-hybridized carbons (Fsp3) is 0.500. The number of nitrogens with zero attached hydrogens (tertiary/aromatic N) is 1. The van der Waals surface area contributed by atoms with Crippen molar-refractivity contribution in [2.75, 3.05) is 25.0 Å². The molecule has 1 saturated heterocycles. The summed E-state index contributed by atoms with van der Waals surface area (Å²) in [6.07, 6.45) is 2.33. The zero-order valence-corrected chi connectivity index (χ0v) is 12.8. The van der Waals surface area contributed by atoms with E-state index in [4.69, 9.17) is 0 Å². The van der Waals surface area contributed by atoms with E-state index in [0.29, 0.717) is 26.1 Å². The normalized spacial score (nSPS) is 17.9. The average molecular weight is 307 g/mol. The molecular weight excluding hydrogens is 285 g/mol. The molecule has 6 heteroatoms. The summed E-state index contributed by atoms with van der Waals surface area (Å²) >= 11 is 0. The van der Waals surface area contributed by atoms with Gasteiger partial charge in [0, 0.05) is 26.1 Å². The first kappa shape index (κ1) is 16.3. The number of anilines is 1. The molecule has 0 saturated carbocycles. The molecule has 0 bridgehead atoms. The molecule has 1 aliphatic rings. The SMILES string of the molecule is CCC(=O)NC[C@@H]1CCCN(C(=O)Nc2ccccc2F)C1. The molecule has 2 rings (SSSR count). The lowest BCUT2D eigenvalue weighted by Gasteiger charge is -2.32. The van der Waals surface area contributed by atoms with E-state index in [1.807, 2.05) is 6.92 Å². The fourth-order valence-corrected chi connectivity index (χ4v) is 2.56. The fourth-order valence-electron chi connectivity index (χ4n) is 2.56. The molecule has 1 fully saturated rings. The first-order valence-corrected chi connectivity index (χ1v) is 7.67. The highest BCUT2D eigenvalue weighted by Crippen LogP contribution is 2.18. The van der Waals surface area contributed by atoms with Crippen LogP contribution < -0.4 is 10.6 Å². The summed E-state index contributed by atoms with van der Waals surface area (Å²) in [6.45, 7) is 3.61. The van der Waals surface area contributed by atoms with E-state index in [9.17, 15) is 14.0 Å². The molecule has 0 aliphatic carbocycles. The number of carbonyl (C=O) groups is 2. The van der Waals surface area contributed by atoms with Gasteiger partial charge in [0.25, 0.3) is 0 Å². The Morgan fingerprint density at radius 1 is 1.36 bits per heavy atom. The van der Waals surface area contributed by atoms with Crippen molar-refractivity contribution in [1.82, 2.24) is 10.2 Å². The van der Waals surface area contributed by atoms with E-state index < -0.39 is 5.82 Å². The van der Waals surface area contributed by atoms with Crippen molar-refractivity contribution in [3.8, 4) is 0 Å². The Morgan fingerprint density at radius 2 is 2.14 bits per heavy atom. The van der Waals surface area contributed by atoms with E-state index in [1.165, 1.54) is 12.1 Å². The average Bonchev–Trinajstić information content (AvgIpc) is 2.55. The number of para-hydroxylation sites is 1. The number of amides is 3. The molecule has 120 valence electrons. The first-order valence-electron chi connectivity index (χ1n) is 7.67. The minimum atomic E-state index is -0.445. The second-order valence-electron chi connectivity index (χ2n) is 5.52. The van der Waals surface area contributed by atoms with Gasteiger partial charge in [-0.15, -0.1) is 0 Å². The number of halogens is 1. The summed E-state index contributed by atoms with van der Waals surface area (Å²) in [6, 6.07) is 5.82. The number of piperidine rings is 1. The quantitative estimate of drug-likeness (QED) is 0.898. The Bertz CT molecular complexity index is 536. The van der Waals surface area contributed by atoms with Gasteiger partial charge < -0.3 is 15.5 Å². The molecule has 1 heterocycles. The maximum absolute atomic E-state index is 13.6. The third-order valence-corrected chi connectivity index (χ3v) is 3.83. The van der Waals surface area contributed by atoms with Crippen LogP contribution in [-0.4, -0.2) is 36.5 Å². The van der Waals surface area contributed by atoms with Gasteiger partial charge in [-0.2, -0.15) is 0 Å². The van der Waals surface area contributed by atoms with Crippen LogP contribution in [-0.2, 0) is 4.79 Å². The molecule has 0 unspecified atom stereocenters. The van der Waals surface area contributed by atoms with Crippen LogP contribution >= 0.6 is 0 Å². The Morgan fingerprint density at radius 3 is 2.86 bits per heavy atom. The zero-order valence-electron chi connectivity index (χ0n) is 12.8. The predicted octanol–water partition coefficient (Wildman–Crippen LogP) is 2.60. The smallest absolute Gasteiger partial charge is 0.321 e. The topological polar surface area (TPSA) is 61.4 Å². The number of carbonyl (C=O) groups excluding carboxylic acids is 2. The van der Waals surface area contributed by atoms with Gasteiger partial charge >= 0.3 is 6.03 Å². The van der Waals surface area contributed by atoms with Crippen LogP contribution in [0.15, 0.2) is 24.3 Å². The molecule has 1 aromatic carbocycles. The maximum Gasteiger partial charge on any atom is 0.321 e. The minimum absolute atomic E-state index is 0.0212. The summed E-state index contributed by atoms with van der Waals surface area (Å²) in [5.41, 5.74) is 0.189. The van der Waals surface area contributed by atoms with Gasteiger partial charge in [-0.1, -0.05) is 19.1 Å². The number of hydrogen-bond acceptors (Lipinski definition) is 2. The van der Waals surface area contributed by atoms with Crippen LogP contribution in [0.25, 0.3) is 0 Å². The van der Waals surface area contributed by atoms with Crippen molar-refractivity contribution < 1.29 is 14.0 Å². The highest BCUT2D eigenvalue weighted by molar-refractivity contribution is 5.89. The second kappa shape index (κ2) is 7.77. The third kappa shape index (κ3) is 4.44. The van der Waals surface area contributed by atoms with Gasteiger partial charge in [0.05, 0.1) is 5.69 Å². The molecule has 3 amide bonds. The molecule has 1 atom stereocenters. The Balaban J connectivity index is 1.87. The van der Waals surface area contributed by atoms with Crippen molar-refractivity contribution in [3.05, 3.63) is 30.1 Å². The van der Waals surface area contributed by atoms with Gasteiger partial charge in [-0.3, -0.25) is 4.79 Å². The number of hydrogen-bond donors (Lipinski definition) is 2. The maximum atomic E-state index is 13.6. The van der Waals surface area contributed by atoms with Crippen molar-refractivity contribution in [2.24, 2.45) is 5.92 Å². The standard InChI is InChI=1S/C16H22FN3O2/c1-2-15(21)18-10-12-6-5-9-20(11-12)16(22)19-14-8-4-3-7-13(14)17/h3-4,7-8,12H,2,5-6,9-11H2,1H3,(H,18,21)(H,19,22)/t12-/m0/s1. The summed E-state index contributed by atoms with van der Waals surface area (Å²) in [4.78, 5) is 25.2. The molecule has 1 aliphatic heterocycles. The summed E-state index contributed by atoms with van der Waals surface area (Å²) < 4.78 is 13.6. The molecular formula is C16H22FN3O2. The summed E-state index contributed by atoms with van der Waals surface area (Å²) in [7, 11) is 0. The Kier molecular flexibility index (Phi) is 5.75. The van der Waals surface area contributed by atoms with Crippen LogP contribution in [0.2, 0.25) is 0 Å². The van der Waals surface area contributed by atoms with Crippen molar-refractivity contribution in [1.29, 1.82) is 0 Å². The van der Waals surface area contributed by atoms with Gasteiger partial charge in [-0.05, 0) is 30.9 Å². The highest BCUT2D eigenvalue weighted by atomic mass is 19.1. The summed E-state index contributed by atoms with van der Waals surface area (Å²) in [5.74, 6) is -0.178. The highest BCUT2D eigenvalue weighted by Gasteiger charge is 2.24. The number of urea groups is 1. The molecule has 0 spiro atoms. The van der Waals surface area contributed by atoms with Crippen LogP contribution in [0, 0.1) is 11.7 Å². The lowest BCUT2D eigenvalue weighted by atomic mass is 9.98. The largest absolute Gasteiger partial charge is 0.356 e. The first-order chi connectivity index (χ1) is 10.6. The van der Waals surface area contributed by atoms with E-state index in [1.54, 1.807) is 17.0 Å². The van der Waals surface area contributed by atoms with Crippen LogP contribution in [0.3, 0.4) is 0 Å². The predicted molar refractivity (Wildman–Crippen MR) is 83.0 cm³/mol. The molecule has 1 aromatic rings. The number of likely N-dealkylation sites (tertiary alicyclic amines) is 1. The van der Waals surface area contributed by atoms with Gasteiger partial charge in [0.15, 0.2) is 0 Å².